The van der Waals surface area contributed by atoms with Crippen molar-refractivity contribution in [1.82, 2.24) is 4.98 Å². The van der Waals surface area contributed by atoms with Gasteiger partial charge in [0.15, 0.2) is 0 Å². The minimum atomic E-state index is -0.537. The first-order valence-electron chi connectivity index (χ1n) is 5.34. The first kappa shape index (κ1) is 11.9. The molecule has 0 fully saturated rings. The van der Waals surface area contributed by atoms with Crippen molar-refractivity contribution in [2.75, 3.05) is 17.7 Å². The molecule has 90 valence electrons. The molecule has 2 aromatic rings. The zero-order valence-electron chi connectivity index (χ0n) is 9.74. The number of benzene rings is 1. The lowest BCUT2D eigenvalue weighted by molar-refractivity contribution is 0.624. The summed E-state index contributed by atoms with van der Waals surface area (Å²) in [5.41, 5.74) is 1.17. The summed E-state index contributed by atoms with van der Waals surface area (Å²) >= 11 is 0. The average molecular weight is 242 g/mol. The van der Waals surface area contributed by atoms with Crippen LogP contribution in [0.25, 0.3) is 0 Å². The normalized spacial score (nSPS) is 9.61. The second-order valence-electron chi connectivity index (χ2n) is 3.58. The molecule has 4 nitrogen and oxygen atoms in total. The number of rotatable bonds is 3. The zero-order chi connectivity index (χ0) is 13.0. The smallest absolute Gasteiger partial charge is 0.143 e. The Hall–Kier alpha value is -2.61. The quantitative estimate of drug-likeness (QED) is 0.868. The van der Waals surface area contributed by atoms with Crippen LogP contribution in [0, 0.1) is 17.1 Å². The van der Waals surface area contributed by atoms with E-state index in [1.165, 1.54) is 6.07 Å². The van der Waals surface area contributed by atoms with Gasteiger partial charge in [0.05, 0.1) is 5.69 Å². The van der Waals surface area contributed by atoms with Crippen molar-refractivity contribution in [2.45, 2.75) is 0 Å². The molecule has 2 N–H and O–H groups in total. The number of anilines is 3. The highest BCUT2D eigenvalue weighted by molar-refractivity contribution is 5.68. The third kappa shape index (κ3) is 2.38. The molecule has 18 heavy (non-hydrogen) atoms. The molecule has 0 saturated carbocycles. The lowest BCUT2D eigenvalue weighted by Crippen LogP contribution is -1.98. The first-order valence-corrected chi connectivity index (χ1v) is 5.34. The summed E-state index contributed by atoms with van der Waals surface area (Å²) in [6, 6.07) is 9.82. The fourth-order valence-electron chi connectivity index (χ4n) is 1.54. The van der Waals surface area contributed by atoms with Crippen LogP contribution in [0.15, 0.2) is 36.5 Å². The van der Waals surface area contributed by atoms with Gasteiger partial charge < -0.3 is 10.6 Å². The molecule has 1 heterocycles. The summed E-state index contributed by atoms with van der Waals surface area (Å²) in [6.45, 7) is 0. The van der Waals surface area contributed by atoms with Crippen LogP contribution < -0.4 is 10.6 Å². The number of nitrogens with one attached hydrogen (secondary N) is 2. The van der Waals surface area contributed by atoms with Crippen molar-refractivity contribution in [1.29, 1.82) is 5.26 Å². The summed E-state index contributed by atoms with van der Waals surface area (Å²) in [6.07, 6.45) is 1.62. The van der Waals surface area contributed by atoms with E-state index in [0.29, 0.717) is 11.5 Å². The summed E-state index contributed by atoms with van der Waals surface area (Å²) in [5, 5.41) is 14.8. The van der Waals surface area contributed by atoms with Gasteiger partial charge in [0, 0.05) is 25.0 Å². The van der Waals surface area contributed by atoms with E-state index < -0.39 is 5.82 Å². The molecular formula is C13H11FN4. The third-order valence-electron chi connectivity index (χ3n) is 2.42. The van der Waals surface area contributed by atoms with E-state index in [1.807, 2.05) is 6.07 Å². The van der Waals surface area contributed by atoms with Crippen LogP contribution in [0.2, 0.25) is 0 Å². The Morgan fingerprint density at radius 3 is 2.89 bits per heavy atom. The largest absolute Gasteiger partial charge is 0.373 e. The van der Waals surface area contributed by atoms with E-state index >= 15 is 0 Å². The number of pyridine rings is 1. The Labute approximate surface area is 104 Å². The van der Waals surface area contributed by atoms with Gasteiger partial charge in [-0.25, -0.2) is 9.37 Å². The molecule has 0 amide bonds. The molecule has 0 aliphatic heterocycles. The molecule has 5 heteroatoms. The lowest BCUT2D eigenvalue weighted by atomic mass is 10.2. The molecule has 0 spiro atoms. The molecule has 1 aromatic heterocycles. The van der Waals surface area contributed by atoms with Crippen LogP contribution in [-0.2, 0) is 0 Å². The Balaban J connectivity index is 2.34. The summed E-state index contributed by atoms with van der Waals surface area (Å²) in [7, 11) is 1.76. The minimum Gasteiger partial charge on any atom is -0.373 e. The zero-order valence-corrected chi connectivity index (χ0v) is 9.74. The van der Waals surface area contributed by atoms with Gasteiger partial charge in [-0.15, -0.1) is 0 Å². The molecule has 1 aromatic carbocycles. The van der Waals surface area contributed by atoms with Gasteiger partial charge in [-0.2, -0.15) is 5.26 Å². The molecule has 0 unspecified atom stereocenters. The highest BCUT2D eigenvalue weighted by Crippen LogP contribution is 2.23. The van der Waals surface area contributed by atoms with Gasteiger partial charge in [-0.1, -0.05) is 6.07 Å². The van der Waals surface area contributed by atoms with Crippen LogP contribution in [-0.4, -0.2) is 12.0 Å². The number of nitriles is 1. The predicted molar refractivity (Wildman–Crippen MR) is 68.2 cm³/mol. The number of halogens is 1. The number of hydrogen-bond acceptors (Lipinski definition) is 4. The highest BCUT2D eigenvalue weighted by atomic mass is 19.1. The van der Waals surface area contributed by atoms with Crippen molar-refractivity contribution in [3.05, 3.63) is 47.9 Å². The maximum absolute atomic E-state index is 13.4. The van der Waals surface area contributed by atoms with Gasteiger partial charge >= 0.3 is 0 Å². The monoisotopic (exact) mass is 242 g/mol. The van der Waals surface area contributed by atoms with Crippen molar-refractivity contribution in [3.8, 4) is 6.07 Å². The molecule has 0 radical (unpaired) electrons. The summed E-state index contributed by atoms with van der Waals surface area (Å²) in [4.78, 5) is 4.07. The van der Waals surface area contributed by atoms with Gasteiger partial charge in [0.25, 0.3) is 0 Å². The topological polar surface area (TPSA) is 60.7 Å². The van der Waals surface area contributed by atoms with E-state index in [-0.39, 0.29) is 5.56 Å². The first-order chi connectivity index (χ1) is 8.74. The molecular weight excluding hydrogens is 231 g/mol. The lowest BCUT2D eigenvalue weighted by Gasteiger charge is -2.09. The van der Waals surface area contributed by atoms with Gasteiger partial charge in [0.1, 0.15) is 23.3 Å². The fraction of sp³-hybridized carbons (Fsp3) is 0.0769. The summed E-state index contributed by atoms with van der Waals surface area (Å²) in [5.74, 6) is 0.153. The van der Waals surface area contributed by atoms with E-state index in [0.717, 1.165) is 5.69 Å². The Bertz CT molecular complexity index is 604. The van der Waals surface area contributed by atoms with Crippen LogP contribution in [0.4, 0.5) is 21.6 Å². The second-order valence-corrected chi connectivity index (χ2v) is 3.58. The molecule has 0 saturated heterocycles. The number of aromatic nitrogens is 1. The number of nitrogens with zero attached hydrogens (tertiary/aromatic N) is 2. The van der Waals surface area contributed by atoms with Crippen molar-refractivity contribution < 1.29 is 4.39 Å². The highest BCUT2D eigenvalue weighted by Gasteiger charge is 2.07. The van der Waals surface area contributed by atoms with Crippen molar-refractivity contribution in [2.24, 2.45) is 0 Å². The minimum absolute atomic E-state index is 0.000296. The molecule has 2 rings (SSSR count). The van der Waals surface area contributed by atoms with E-state index in [4.69, 9.17) is 5.26 Å². The van der Waals surface area contributed by atoms with Gasteiger partial charge in [0.2, 0.25) is 0 Å². The maximum atomic E-state index is 13.4. The fourth-order valence-corrected chi connectivity index (χ4v) is 1.54. The van der Waals surface area contributed by atoms with Crippen LogP contribution >= 0.6 is 0 Å². The third-order valence-corrected chi connectivity index (χ3v) is 2.42. The predicted octanol–water partition coefficient (Wildman–Crippen LogP) is 2.88. The molecule has 0 aliphatic carbocycles. The molecule has 0 atom stereocenters. The van der Waals surface area contributed by atoms with Gasteiger partial charge in [-0.05, 0) is 18.2 Å². The maximum Gasteiger partial charge on any atom is 0.143 e. The van der Waals surface area contributed by atoms with E-state index in [1.54, 1.807) is 37.5 Å². The van der Waals surface area contributed by atoms with E-state index in [2.05, 4.69) is 15.6 Å². The van der Waals surface area contributed by atoms with Crippen LogP contribution in [0.3, 0.4) is 0 Å². The summed E-state index contributed by atoms with van der Waals surface area (Å²) < 4.78 is 13.4. The van der Waals surface area contributed by atoms with Crippen LogP contribution in [0.1, 0.15) is 5.56 Å². The van der Waals surface area contributed by atoms with Crippen molar-refractivity contribution >= 4 is 17.2 Å². The average Bonchev–Trinajstić information content (AvgIpc) is 2.39. The Kier molecular flexibility index (Phi) is 3.39. The Morgan fingerprint density at radius 2 is 2.17 bits per heavy atom. The Morgan fingerprint density at radius 1 is 1.33 bits per heavy atom. The van der Waals surface area contributed by atoms with Crippen LogP contribution in [0.5, 0.6) is 0 Å². The molecule has 0 bridgehead atoms. The second kappa shape index (κ2) is 5.15. The number of hydrogen-bond donors (Lipinski definition) is 2. The van der Waals surface area contributed by atoms with Crippen molar-refractivity contribution in [3.63, 3.8) is 0 Å². The molecule has 0 aliphatic rings. The standard InChI is InChI=1S/C13H11FN4/c1-16-13-7-9(5-6-17-13)18-12-4-2-3-11(14)10(12)8-15/h2-7H,1H3,(H2,16,17,18). The van der Waals surface area contributed by atoms with Gasteiger partial charge in [-0.3, -0.25) is 0 Å². The van der Waals surface area contributed by atoms with E-state index in [9.17, 15) is 4.39 Å². The SMILES string of the molecule is CNc1cc(Nc2cccc(F)c2C#N)ccn1.